The molecule has 0 saturated carbocycles. The van der Waals surface area contributed by atoms with E-state index in [1.807, 2.05) is 0 Å². The van der Waals surface area contributed by atoms with Crippen LogP contribution < -0.4 is 10.5 Å². The number of nitrogens with two attached hydrogens (primary N) is 1. The first-order valence-corrected chi connectivity index (χ1v) is 8.78. The second-order valence-electron chi connectivity index (χ2n) is 6.39. The van der Waals surface area contributed by atoms with Gasteiger partial charge in [-0.05, 0) is 12.1 Å². The Bertz CT molecular complexity index is 1030. The Morgan fingerprint density at radius 1 is 1.31 bits per heavy atom. The van der Waals surface area contributed by atoms with Crippen LogP contribution in [-0.2, 0) is 9.47 Å². The third-order valence-corrected chi connectivity index (χ3v) is 4.62. The van der Waals surface area contributed by atoms with Gasteiger partial charge in [0.15, 0.2) is 23.5 Å². The molecule has 2 aromatic heterocycles. The highest BCUT2D eigenvalue weighted by Gasteiger charge is 2.47. The molecule has 3 aromatic rings. The van der Waals surface area contributed by atoms with Gasteiger partial charge in [0, 0.05) is 0 Å². The molecule has 4 atom stereocenters. The highest BCUT2D eigenvalue weighted by atomic mass is 16.6. The third kappa shape index (κ3) is 3.35. The zero-order valence-electron chi connectivity index (χ0n) is 15.4. The van der Waals surface area contributed by atoms with Crippen LogP contribution in [0.25, 0.3) is 11.2 Å². The van der Waals surface area contributed by atoms with E-state index < -0.39 is 37.1 Å². The molecule has 1 aliphatic rings. The molecule has 1 aliphatic heterocycles. The number of carbonyl (C=O) groups is 1. The van der Waals surface area contributed by atoms with Gasteiger partial charge in [0.1, 0.15) is 12.2 Å². The average molecular weight is 401 g/mol. The van der Waals surface area contributed by atoms with Gasteiger partial charge < -0.3 is 30.2 Å². The summed E-state index contributed by atoms with van der Waals surface area (Å²) in [5.41, 5.74) is 6.64. The number of esters is 1. The van der Waals surface area contributed by atoms with Crippen LogP contribution >= 0.6 is 0 Å². The van der Waals surface area contributed by atoms with Gasteiger partial charge in [0.2, 0.25) is 11.8 Å². The molecule has 4 N–H and O–H groups in total. The van der Waals surface area contributed by atoms with Crippen molar-refractivity contribution in [3.8, 4) is 5.88 Å². The molecule has 152 valence electrons. The summed E-state index contributed by atoms with van der Waals surface area (Å²) in [4.78, 5) is 24.9. The fourth-order valence-corrected chi connectivity index (χ4v) is 3.22. The minimum absolute atomic E-state index is 0.0498. The Labute approximate surface area is 164 Å². The van der Waals surface area contributed by atoms with Gasteiger partial charge in [0.05, 0.1) is 25.6 Å². The third-order valence-electron chi connectivity index (χ3n) is 4.62. The first-order valence-electron chi connectivity index (χ1n) is 8.78. The van der Waals surface area contributed by atoms with Crippen LogP contribution in [0.15, 0.2) is 36.7 Å². The number of anilines is 1. The zero-order chi connectivity index (χ0) is 20.5. The summed E-state index contributed by atoms with van der Waals surface area (Å²) < 4.78 is 17.9. The number of rotatable bonds is 5. The number of aliphatic hydroxyl groups excluding tert-OH is 2. The molecule has 11 heteroatoms. The lowest BCUT2D eigenvalue weighted by Crippen LogP contribution is -2.37. The maximum Gasteiger partial charge on any atom is 0.338 e. The van der Waals surface area contributed by atoms with Gasteiger partial charge in [0.25, 0.3) is 0 Å². The molecule has 11 nitrogen and oxygen atoms in total. The van der Waals surface area contributed by atoms with Crippen molar-refractivity contribution in [1.29, 1.82) is 0 Å². The summed E-state index contributed by atoms with van der Waals surface area (Å²) in [6.45, 7) is -0.468. The highest BCUT2D eigenvalue weighted by Crippen LogP contribution is 2.35. The molecule has 0 bridgehead atoms. The van der Waals surface area contributed by atoms with Crippen molar-refractivity contribution in [3.63, 3.8) is 0 Å². The van der Waals surface area contributed by atoms with Crippen LogP contribution in [0.3, 0.4) is 0 Å². The summed E-state index contributed by atoms with van der Waals surface area (Å²) in [7, 11) is 1.42. The number of imidazole rings is 1. The van der Waals surface area contributed by atoms with E-state index in [9.17, 15) is 15.0 Å². The number of methoxy groups -OCH3 is 1. The number of nitrogens with zero attached hydrogens (tertiary/aromatic N) is 4. The number of hydrogen-bond donors (Lipinski definition) is 3. The van der Waals surface area contributed by atoms with Gasteiger partial charge in [-0.1, -0.05) is 18.2 Å². The summed E-state index contributed by atoms with van der Waals surface area (Å²) in [5.74, 6) is -0.523. The van der Waals surface area contributed by atoms with Crippen molar-refractivity contribution in [1.82, 2.24) is 19.5 Å². The second kappa shape index (κ2) is 7.62. The quantitative estimate of drug-likeness (QED) is 0.493. The standard InChI is InChI=1S/C18H19N5O6/c1-27-15-11-14(21-18(19)22-15)23(8-20-11)16-13(12(25)10(7-24)28-16)29-17(26)9-5-3-2-4-6-9/h2-6,8,10,12-13,16,24-25H,7H2,1H3,(H2,19,21,22)/t10-,12-,13+,16-/m1/s1. The first-order chi connectivity index (χ1) is 14.0. The van der Waals surface area contributed by atoms with Crippen LogP contribution in [-0.4, -0.2) is 67.7 Å². The molecule has 1 aromatic carbocycles. The lowest BCUT2D eigenvalue weighted by molar-refractivity contribution is -0.0564. The molecule has 0 spiro atoms. The first kappa shape index (κ1) is 19.1. The van der Waals surface area contributed by atoms with Crippen LogP contribution in [0.1, 0.15) is 16.6 Å². The summed E-state index contributed by atoms with van der Waals surface area (Å²) in [5, 5.41) is 20.1. The summed E-state index contributed by atoms with van der Waals surface area (Å²) in [6, 6.07) is 8.34. The Hall–Kier alpha value is -3.28. The van der Waals surface area contributed by atoms with Crippen molar-refractivity contribution < 1.29 is 29.2 Å². The Morgan fingerprint density at radius 2 is 2.07 bits per heavy atom. The number of ether oxygens (including phenoxy) is 3. The molecule has 0 amide bonds. The van der Waals surface area contributed by atoms with Crippen molar-refractivity contribution in [2.24, 2.45) is 0 Å². The van der Waals surface area contributed by atoms with Gasteiger partial charge in [-0.15, -0.1) is 0 Å². The van der Waals surface area contributed by atoms with Gasteiger partial charge >= 0.3 is 5.97 Å². The minimum Gasteiger partial charge on any atom is -0.479 e. The molecule has 0 unspecified atom stereocenters. The van der Waals surface area contributed by atoms with E-state index in [1.165, 1.54) is 18.0 Å². The Kier molecular flexibility index (Phi) is 5.01. The summed E-state index contributed by atoms with van der Waals surface area (Å²) >= 11 is 0. The van der Waals surface area contributed by atoms with Gasteiger partial charge in [-0.2, -0.15) is 9.97 Å². The second-order valence-corrected chi connectivity index (χ2v) is 6.39. The molecule has 29 heavy (non-hydrogen) atoms. The fraction of sp³-hybridized carbons (Fsp3) is 0.333. The monoisotopic (exact) mass is 401 g/mol. The number of aromatic nitrogens is 4. The molecular weight excluding hydrogens is 382 g/mol. The molecule has 0 radical (unpaired) electrons. The van der Waals surface area contributed by atoms with Crippen molar-refractivity contribution in [3.05, 3.63) is 42.2 Å². The normalized spacial score (nSPS) is 24.0. The van der Waals surface area contributed by atoms with Crippen LogP contribution in [0.5, 0.6) is 5.88 Å². The molecule has 3 heterocycles. The molecular formula is C18H19N5O6. The lowest BCUT2D eigenvalue weighted by Gasteiger charge is -2.22. The predicted molar refractivity (Wildman–Crippen MR) is 98.9 cm³/mol. The average Bonchev–Trinajstić information content (AvgIpc) is 3.29. The molecule has 1 fully saturated rings. The fourth-order valence-electron chi connectivity index (χ4n) is 3.22. The van der Waals surface area contributed by atoms with E-state index in [4.69, 9.17) is 19.9 Å². The van der Waals surface area contributed by atoms with E-state index in [0.717, 1.165) is 0 Å². The number of aliphatic hydroxyl groups is 2. The predicted octanol–water partition coefficient (Wildman–Crippen LogP) is -0.107. The SMILES string of the molecule is COc1nc(N)nc2c1ncn2[C@@H]1O[C@H](CO)[C@@H](O)[C@@H]1OC(=O)c1ccccc1. The Balaban J connectivity index is 1.72. The van der Waals surface area contributed by atoms with E-state index >= 15 is 0 Å². The van der Waals surface area contributed by atoms with E-state index in [1.54, 1.807) is 30.3 Å². The van der Waals surface area contributed by atoms with Crippen molar-refractivity contribution in [2.45, 2.75) is 24.5 Å². The van der Waals surface area contributed by atoms with Crippen LogP contribution in [0.2, 0.25) is 0 Å². The summed E-state index contributed by atoms with van der Waals surface area (Å²) in [6.07, 6.45) is -2.97. The van der Waals surface area contributed by atoms with Crippen molar-refractivity contribution >= 4 is 23.1 Å². The number of hydrogen-bond acceptors (Lipinski definition) is 10. The topological polar surface area (TPSA) is 155 Å². The maximum absolute atomic E-state index is 12.5. The number of fused-ring (bicyclic) bond motifs is 1. The molecule has 0 aliphatic carbocycles. The van der Waals surface area contributed by atoms with Gasteiger partial charge in [-0.3, -0.25) is 4.57 Å². The molecule has 4 rings (SSSR count). The number of carbonyl (C=O) groups excluding carboxylic acids is 1. The highest BCUT2D eigenvalue weighted by molar-refractivity contribution is 5.89. The van der Waals surface area contributed by atoms with E-state index in [-0.39, 0.29) is 17.5 Å². The van der Waals surface area contributed by atoms with Gasteiger partial charge in [-0.25, -0.2) is 9.78 Å². The molecule has 1 saturated heterocycles. The smallest absolute Gasteiger partial charge is 0.338 e. The van der Waals surface area contributed by atoms with E-state index in [2.05, 4.69) is 15.0 Å². The van der Waals surface area contributed by atoms with Crippen molar-refractivity contribution in [2.75, 3.05) is 19.5 Å². The lowest BCUT2D eigenvalue weighted by atomic mass is 10.1. The number of nitrogen functional groups attached to an aromatic ring is 1. The van der Waals surface area contributed by atoms with Crippen LogP contribution in [0.4, 0.5) is 5.95 Å². The van der Waals surface area contributed by atoms with Crippen LogP contribution in [0, 0.1) is 0 Å². The zero-order valence-corrected chi connectivity index (χ0v) is 15.4. The Morgan fingerprint density at radius 3 is 2.76 bits per heavy atom. The largest absolute Gasteiger partial charge is 0.479 e. The van der Waals surface area contributed by atoms with E-state index in [0.29, 0.717) is 11.1 Å². The maximum atomic E-state index is 12.5. The minimum atomic E-state index is -1.27. The number of benzene rings is 1.